The highest BCUT2D eigenvalue weighted by Crippen LogP contribution is 2.22. The summed E-state index contributed by atoms with van der Waals surface area (Å²) in [5.74, 6) is -0.411. The highest BCUT2D eigenvalue weighted by Gasteiger charge is 2.24. The third kappa shape index (κ3) is 2.89. The minimum atomic E-state index is -0.583. The Morgan fingerprint density at radius 3 is 3.00 bits per heavy atom. The zero-order valence-corrected chi connectivity index (χ0v) is 11.8. The van der Waals surface area contributed by atoms with Gasteiger partial charge in [-0.05, 0) is 24.3 Å². The molecule has 6 nitrogen and oxygen atoms in total. The number of fused-ring (bicyclic) bond motifs is 1. The molecule has 0 saturated carbocycles. The van der Waals surface area contributed by atoms with Gasteiger partial charge < -0.3 is 4.74 Å². The van der Waals surface area contributed by atoms with E-state index in [1.807, 2.05) is 0 Å². The maximum Gasteiger partial charge on any atom is 0.424 e. The first-order chi connectivity index (χ1) is 10.5. The number of hydrogen-bond donors (Lipinski definition) is 0. The molecule has 22 heavy (non-hydrogen) atoms. The standard InChI is InChI=1S/C14H9ClFN3O3/c15-14-10-4-1-8(16)7-11(10)17-12(18-14)5-2-9-3-6-13(22-9)19(20)21/h1-2,4-7,9H,3H2/b5-2+. The maximum atomic E-state index is 13.2. The van der Waals surface area contributed by atoms with E-state index >= 15 is 0 Å². The van der Waals surface area contributed by atoms with Crippen LogP contribution >= 0.6 is 11.6 Å². The number of aromatic nitrogens is 2. The Labute approximate surface area is 129 Å². The first-order valence-corrected chi connectivity index (χ1v) is 6.73. The molecule has 0 saturated heterocycles. The average Bonchev–Trinajstić information content (AvgIpc) is 2.93. The van der Waals surface area contributed by atoms with Crippen molar-refractivity contribution in [3.8, 4) is 0 Å². The fourth-order valence-electron chi connectivity index (χ4n) is 2.05. The van der Waals surface area contributed by atoms with Crippen molar-refractivity contribution in [2.45, 2.75) is 12.5 Å². The molecular weight excluding hydrogens is 313 g/mol. The Hall–Kier alpha value is -2.54. The van der Waals surface area contributed by atoms with Crippen molar-refractivity contribution in [1.29, 1.82) is 0 Å². The quantitative estimate of drug-likeness (QED) is 0.492. The van der Waals surface area contributed by atoms with Crippen LogP contribution in [0.4, 0.5) is 4.39 Å². The number of hydrogen-bond acceptors (Lipinski definition) is 5. The van der Waals surface area contributed by atoms with Crippen molar-refractivity contribution >= 4 is 28.6 Å². The van der Waals surface area contributed by atoms with Crippen LogP contribution in [0.1, 0.15) is 12.2 Å². The third-order valence-electron chi connectivity index (χ3n) is 3.07. The largest absolute Gasteiger partial charge is 0.433 e. The predicted molar refractivity (Wildman–Crippen MR) is 78.1 cm³/mol. The molecule has 0 radical (unpaired) electrons. The van der Waals surface area contributed by atoms with Gasteiger partial charge in [-0.25, -0.2) is 14.4 Å². The summed E-state index contributed by atoms with van der Waals surface area (Å²) in [5, 5.41) is 11.3. The molecule has 0 N–H and O–H groups in total. The number of nitrogens with zero attached hydrogens (tertiary/aromatic N) is 3. The normalized spacial score (nSPS) is 17.7. The van der Waals surface area contributed by atoms with Gasteiger partial charge in [0.05, 0.1) is 5.52 Å². The van der Waals surface area contributed by atoms with Gasteiger partial charge in [0, 0.05) is 23.9 Å². The van der Waals surface area contributed by atoms with Crippen molar-refractivity contribution in [3.63, 3.8) is 0 Å². The molecule has 0 amide bonds. The molecule has 1 unspecified atom stereocenters. The lowest BCUT2D eigenvalue weighted by molar-refractivity contribution is -0.462. The fourth-order valence-corrected chi connectivity index (χ4v) is 2.30. The van der Waals surface area contributed by atoms with Crippen LogP contribution in [-0.2, 0) is 4.74 Å². The number of nitro groups is 1. The van der Waals surface area contributed by atoms with Crippen molar-refractivity contribution < 1.29 is 14.1 Å². The Morgan fingerprint density at radius 1 is 1.45 bits per heavy atom. The molecule has 1 aromatic heterocycles. The van der Waals surface area contributed by atoms with Crippen molar-refractivity contribution in [2.24, 2.45) is 0 Å². The van der Waals surface area contributed by atoms with E-state index in [-0.39, 0.29) is 16.9 Å². The summed E-state index contributed by atoms with van der Waals surface area (Å²) < 4.78 is 18.3. The van der Waals surface area contributed by atoms with E-state index in [4.69, 9.17) is 16.3 Å². The van der Waals surface area contributed by atoms with Gasteiger partial charge in [0.2, 0.25) is 0 Å². The molecule has 8 heteroatoms. The molecule has 112 valence electrons. The molecule has 0 fully saturated rings. The van der Waals surface area contributed by atoms with Crippen LogP contribution in [0, 0.1) is 15.9 Å². The molecular formula is C14H9ClFN3O3. The van der Waals surface area contributed by atoms with Crippen molar-refractivity contribution in [1.82, 2.24) is 9.97 Å². The van der Waals surface area contributed by atoms with E-state index in [1.165, 1.54) is 30.4 Å². The number of ether oxygens (including phenoxy) is 1. The van der Waals surface area contributed by atoms with Gasteiger partial charge in [-0.2, -0.15) is 0 Å². The van der Waals surface area contributed by atoms with Gasteiger partial charge in [-0.15, -0.1) is 0 Å². The molecule has 1 aromatic carbocycles. The maximum absolute atomic E-state index is 13.2. The second kappa shape index (κ2) is 5.69. The van der Waals surface area contributed by atoms with Gasteiger partial charge in [-0.1, -0.05) is 11.6 Å². The van der Waals surface area contributed by atoms with Crippen LogP contribution in [0.15, 0.2) is 36.2 Å². The number of rotatable bonds is 3. The van der Waals surface area contributed by atoms with Crippen LogP contribution in [0.5, 0.6) is 0 Å². The molecule has 2 heterocycles. The van der Waals surface area contributed by atoms with E-state index in [9.17, 15) is 14.5 Å². The van der Waals surface area contributed by atoms with Crippen LogP contribution in [0.2, 0.25) is 5.15 Å². The number of benzene rings is 1. The van der Waals surface area contributed by atoms with Crippen LogP contribution in [0.3, 0.4) is 0 Å². The number of halogens is 2. The molecule has 2 aromatic rings. The van der Waals surface area contributed by atoms with Crippen LogP contribution in [0.25, 0.3) is 17.0 Å². The Bertz CT molecular complexity index is 822. The summed E-state index contributed by atoms with van der Waals surface area (Å²) in [6.07, 6.45) is 4.48. The average molecular weight is 322 g/mol. The van der Waals surface area contributed by atoms with Crippen molar-refractivity contribution in [2.75, 3.05) is 0 Å². The lowest BCUT2D eigenvalue weighted by atomic mass is 10.2. The van der Waals surface area contributed by atoms with E-state index in [0.29, 0.717) is 17.3 Å². The van der Waals surface area contributed by atoms with E-state index < -0.39 is 16.8 Å². The second-order valence-electron chi connectivity index (χ2n) is 4.58. The van der Waals surface area contributed by atoms with Gasteiger partial charge in [0.25, 0.3) is 0 Å². The molecule has 1 atom stereocenters. The van der Waals surface area contributed by atoms with Gasteiger partial charge in [-0.3, -0.25) is 10.1 Å². The SMILES string of the molecule is O=[N+]([O-])C1=CCC(/C=C/c2nc(Cl)c3ccc(F)cc3n2)O1. The summed E-state index contributed by atoms with van der Waals surface area (Å²) in [6.45, 7) is 0. The van der Waals surface area contributed by atoms with E-state index in [0.717, 1.165) is 0 Å². The van der Waals surface area contributed by atoms with Crippen molar-refractivity contribution in [3.05, 3.63) is 63.1 Å². The molecule has 1 aliphatic rings. The zero-order valence-electron chi connectivity index (χ0n) is 11.1. The van der Waals surface area contributed by atoms with E-state index in [1.54, 1.807) is 6.08 Å². The van der Waals surface area contributed by atoms with Gasteiger partial charge in [0.1, 0.15) is 22.0 Å². The molecule has 0 aliphatic carbocycles. The summed E-state index contributed by atoms with van der Waals surface area (Å²) in [7, 11) is 0. The topological polar surface area (TPSA) is 78.2 Å². The first kappa shape index (κ1) is 14.4. The summed E-state index contributed by atoms with van der Waals surface area (Å²) >= 11 is 6.04. The molecule has 1 aliphatic heterocycles. The molecule has 0 spiro atoms. The lowest BCUT2D eigenvalue weighted by Crippen LogP contribution is -2.06. The molecule has 3 rings (SSSR count). The zero-order chi connectivity index (χ0) is 15.7. The third-order valence-corrected chi connectivity index (χ3v) is 3.35. The highest BCUT2D eigenvalue weighted by molar-refractivity contribution is 6.34. The Kier molecular flexibility index (Phi) is 3.72. The summed E-state index contributed by atoms with van der Waals surface area (Å²) in [4.78, 5) is 18.2. The predicted octanol–water partition coefficient (Wildman–Crippen LogP) is 3.34. The first-order valence-electron chi connectivity index (χ1n) is 6.35. The minimum absolute atomic E-state index is 0.209. The Morgan fingerprint density at radius 2 is 2.27 bits per heavy atom. The van der Waals surface area contributed by atoms with Gasteiger partial charge >= 0.3 is 5.88 Å². The minimum Gasteiger partial charge on any atom is -0.433 e. The summed E-state index contributed by atoms with van der Waals surface area (Å²) in [6, 6.07) is 4.05. The smallest absolute Gasteiger partial charge is 0.424 e. The second-order valence-corrected chi connectivity index (χ2v) is 4.94. The van der Waals surface area contributed by atoms with Gasteiger partial charge in [0.15, 0.2) is 5.82 Å². The lowest BCUT2D eigenvalue weighted by Gasteiger charge is -2.04. The summed E-state index contributed by atoms with van der Waals surface area (Å²) in [5.41, 5.74) is 0.385. The van der Waals surface area contributed by atoms with Crippen LogP contribution in [-0.4, -0.2) is 21.0 Å². The molecule has 0 bridgehead atoms. The fraction of sp³-hybridized carbons (Fsp3) is 0.143. The van der Waals surface area contributed by atoms with Crippen LogP contribution < -0.4 is 0 Å². The Balaban J connectivity index is 1.83. The highest BCUT2D eigenvalue weighted by atomic mass is 35.5. The van der Waals surface area contributed by atoms with E-state index in [2.05, 4.69) is 9.97 Å². The monoisotopic (exact) mass is 321 g/mol.